The fraction of sp³-hybridized carbons (Fsp3) is 0.250. The van der Waals surface area contributed by atoms with Gasteiger partial charge in [-0.3, -0.25) is 14.6 Å². The van der Waals surface area contributed by atoms with Crippen LogP contribution in [0.1, 0.15) is 41.5 Å². The smallest absolute Gasteiger partial charge is 0.387 e. The lowest BCUT2D eigenvalue weighted by atomic mass is 9.98. The molecule has 9 nitrogen and oxygen atoms in total. The molecule has 202 valence electrons. The molecule has 4 N–H and O–H groups in total. The predicted octanol–water partition coefficient (Wildman–Crippen LogP) is 4.47. The number of pyridine rings is 1. The molecule has 0 aliphatic heterocycles. The van der Waals surface area contributed by atoms with Crippen molar-refractivity contribution in [3.8, 4) is 16.9 Å². The maximum atomic E-state index is 12.7. The van der Waals surface area contributed by atoms with Crippen molar-refractivity contribution >= 4 is 23.1 Å². The summed E-state index contributed by atoms with van der Waals surface area (Å²) in [4.78, 5) is 29.3. The average molecular weight is 535 g/mol. The molecule has 0 saturated heterocycles. The fourth-order valence-electron chi connectivity index (χ4n) is 3.92. The van der Waals surface area contributed by atoms with Gasteiger partial charge in [-0.2, -0.15) is 13.9 Å². The Morgan fingerprint density at radius 1 is 1.15 bits per heavy atom. The SMILES string of the molecule is Cc1ccc(NC(=O)c2cc(OC(F)F)cnn2)cc1-c1ccnc(C(/C=C\N)=C/C(C)NC(=O)C2CC2)c1. The summed E-state index contributed by atoms with van der Waals surface area (Å²) in [5, 5.41) is 13.0. The summed E-state index contributed by atoms with van der Waals surface area (Å²) < 4.78 is 29.3. The summed E-state index contributed by atoms with van der Waals surface area (Å²) in [6.45, 7) is 0.782. The van der Waals surface area contributed by atoms with Gasteiger partial charge in [0, 0.05) is 29.9 Å². The van der Waals surface area contributed by atoms with E-state index in [1.807, 2.05) is 38.1 Å². The van der Waals surface area contributed by atoms with E-state index in [0.29, 0.717) is 11.4 Å². The number of allylic oxidation sites excluding steroid dienone is 2. The molecule has 1 fully saturated rings. The molecule has 0 spiro atoms. The van der Waals surface area contributed by atoms with E-state index in [4.69, 9.17) is 5.73 Å². The number of nitrogens with zero attached hydrogens (tertiary/aromatic N) is 3. The Hall–Kier alpha value is -4.67. The molecule has 2 amide bonds. The maximum Gasteiger partial charge on any atom is 0.387 e. The van der Waals surface area contributed by atoms with Gasteiger partial charge in [0.25, 0.3) is 5.91 Å². The fourth-order valence-corrected chi connectivity index (χ4v) is 3.92. The third-order valence-electron chi connectivity index (χ3n) is 5.97. The lowest BCUT2D eigenvalue weighted by Crippen LogP contribution is -2.32. The van der Waals surface area contributed by atoms with Gasteiger partial charge in [-0.15, -0.1) is 5.10 Å². The van der Waals surface area contributed by atoms with Crippen molar-refractivity contribution < 1.29 is 23.1 Å². The van der Waals surface area contributed by atoms with Crippen LogP contribution < -0.4 is 21.1 Å². The molecule has 11 heteroatoms. The molecule has 2 heterocycles. The zero-order chi connectivity index (χ0) is 27.9. The number of amides is 2. The van der Waals surface area contributed by atoms with E-state index in [-0.39, 0.29) is 29.3 Å². The Kier molecular flexibility index (Phi) is 8.60. The topological polar surface area (TPSA) is 132 Å². The predicted molar refractivity (Wildman–Crippen MR) is 143 cm³/mol. The van der Waals surface area contributed by atoms with Crippen LogP contribution in [0.4, 0.5) is 14.5 Å². The van der Waals surface area contributed by atoms with Crippen LogP contribution in [-0.2, 0) is 4.79 Å². The third-order valence-corrected chi connectivity index (χ3v) is 5.97. The van der Waals surface area contributed by atoms with Crippen LogP contribution in [0.2, 0.25) is 0 Å². The van der Waals surface area contributed by atoms with Crippen molar-refractivity contribution in [3.05, 3.63) is 84.1 Å². The van der Waals surface area contributed by atoms with E-state index >= 15 is 0 Å². The number of nitrogens with two attached hydrogens (primary N) is 1. The van der Waals surface area contributed by atoms with E-state index in [9.17, 15) is 18.4 Å². The summed E-state index contributed by atoms with van der Waals surface area (Å²) >= 11 is 0. The Morgan fingerprint density at radius 3 is 2.67 bits per heavy atom. The minimum absolute atomic E-state index is 0.0466. The molecule has 1 aromatic carbocycles. The van der Waals surface area contributed by atoms with Gasteiger partial charge in [-0.25, -0.2) is 0 Å². The highest BCUT2D eigenvalue weighted by Crippen LogP contribution is 2.30. The second-order valence-electron chi connectivity index (χ2n) is 9.12. The minimum Gasteiger partial charge on any atom is -0.433 e. The molecule has 3 aromatic rings. The molecule has 0 bridgehead atoms. The molecule has 4 rings (SSSR count). The number of ether oxygens (including phenoxy) is 1. The van der Waals surface area contributed by atoms with Gasteiger partial charge >= 0.3 is 6.61 Å². The van der Waals surface area contributed by atoms with E-state index in [1.54, 1.807) is 24.4 Å². The molecule has 2 aromatic heterocycles. The van der Waals surface area contributed by atoms with Gasteiger partial charge in [-0.1, -0.05) is 12.1 Å². The minimum atomic E-state index is -3.05. The average Bonchev–Trinajstić information content (AvgIpc) is 3.75. The number of rotatable bonds is 10. The number of carbonyl (C=O) groups excluding carboxylic acids is 2. The van der Waals surface area contributed by atoms with Crippen molar-refractivity contribution in [2.24, 2.45) is 11.7 Å². The lowest BCUT2D eigenvalue weighted by molar-refractivity contribution is -0.122. The van der Waals surface area contributed by atoms with Crippen LogP contribution >= 0.6 is 0 Å². The van der Waals surface area contributed by atoms with Crippen LogP contribution in [-0.4, -0.2) is 39.6 Å². The number of alkyl halides is 2. The van der Waals surface area contributed by atoms with Gasteiger partial charge in [0.05, 0.1) is 11.9 Å². The number of nitrogens with one attached hydrogen (secondary N) is 2. The normalized spacial score (nSPS) is 14.3. The van der Waals surface area contributed by atoms with Crippen LogP contribution in [0.25, 0.3) is 16.7 Å². The van der Waals surface area contributed by atoms with Crippen LogP contribution in [0.15, 0.2) is 67.1 Å². The molecule has 1 unspecified atom stereocenters. The highest BCUT2D eigenvalue weighted by Gasteiger charge is 2.30. The van der Waals surface area contributed by atoms with Crippen molar-refractivity contribution in [3.63, 3.8) is 0 Å². The van der Waals surface area contributed by atoms with Gasteiger partial charge < -0.3 is 21.1 Å². The highest BCUT2D eigenvalue weighted by atomic mass is 19.3. The number of hydrogen-bond donors (Lipinski definition) is 3. The van der Waals surface area contributed by atoms with Crippen molar-refractivity contribution in [2.45, 2.75) is 39.3 Å². The first-order valence-electron chi connectivity index (χ1n) is 12.3. The standard InChI is InChI=1S/C28H28F2N6O3/c1-16-3-6-21(35-27(38)25-14-22(15-33-36-25)39-28(29)30)13-23(16)19-8-10-32-24(12-19)20(7-9-31)11-17(2)34-26(37)18-4-5-18/h3,6-15,17-18,28H,4-5,31H2,1-2H3,(H,34,37)(H,35,38)/b9-7-,20-11+. The quantitative estimate of drug-likeness (QED) is 0.327. The van der Waals surface area contributed by atoms with Crippen molar-refractivity contribution in [1.82, 2.24) is 20.5 Å². The number of halogens is 2. The molecular weight excluding hydrogens is 506 g/mol. The molecule has 0 radical (unpaired) electrons. The summed E-state index contributed by atoms with van der Waals surface area (Å²) in [5.74, 6) is -0.748. The van der Waals surface area contributed by atoms with Crippen molar-refractivity contribution in [2.75, 3.05) is 5.32 Å². The molecule has 1 saturated carbocycles. The van der Waals surface area contributed by atoms with E-state index in [2.05, 4.69) is 30.6 Å². The van der Waals surface area contributed by atoms with Crippen LogP contribution in [0, 0.1) is 12.8 Å². The monoisotopic (exact) mass is 534 g/mol. The first kappa shape index (κ1) is 27.4. The Morgan fingerprint density at radius 2 is 1.95 bits per heavy atom. The largest absolute Gasteiger partial charge is 0.433 e. The van der Waals surface area contributed by atoms with E-state index in [1.165, 1.54) is 6.20 Å². The van der Waals surface area contributed by atoms with Crippen molar-refractivity contribution in [1.29, 1.82) is 0 Å². The second-order valence-corrected chi connectivity index (χ2v) is 9.12. The number of aromatic nitrogens is 3. The van der Waals surface area contributed by atoms with Gasteiger partial charge in [0.15, 0.2) is 5.69 Å². The molecule has 1 aliphatic carbocycles. The third kappa shape index (κ3) is 7.44. The van der Waals surface area contributed by atoms with Crippen LogP contribution in [0.3, 0.4) is 0 Å². The van der Waals surface area contributed by atoms with Gasteiger partial charge in [-0.05, 0) is 85.5 Å². The van der Waals surface area contributed by atoms with Crippen LogP contribution in [0.5, 0.6) is 5.75 Å². The number of anilines is 1. The number of benzene rings is 1. The molecular formula is C28H28F2N6O3. The summed E-state index contributed by atoms with van der Waals surface area (Å²) in [6, 6.07) is 9.97. The highest BCUT2D eigenvalue weighted by molar-refractivity contribution is 6.03. The van der Waals surface area contributed by atoms with E-state index in [0.717, 1.165) is 47.4 Å². The molecule has 1 atom stereocenters. The Bertz CT molecular complexity index is 1420. The first-order valence-corrected chi connectivity index (χ1v) is 12.3. The van der Waals surface area contributed by atoms with Gasteiger partial charge in [0.1, 0.15) is 5.75 Å². The number of carbonyl (C=O) groups is 2. The molecule has 39 heavy (non-hydrogen) atoms. The summed E-state index contributed by atoms with van der Waals surface area (Å²) in [6.07, 6.45) is 9.56. The Labute approximate surface area is 224 Å². The maximum absolute atomic E-state index is 12.7. The molecule has 1 aliphatic rings. The second kappa shape index (κ2) is 12.2. The number of hydrogen-bond acceptors (Lipinski definition) is 7. The first-order chi connectivity index (χ1) is 18.7. The van der Waals surface area contributed by atoms with Gasteiger partial charge in [0.2, 0.25) is 5.91 Å². The number of aryl methyl sites for hydroxylation is 1. The lowest BCUT2D eigenvalue weighted by Gasteiger charge is -2.13. The zero-order valence-corrected chi connectivity index (χ0v) is 21.4. The summed E-state index contributed by atoms with van der Waals surface area (Å²) in [5.41, 5.74) is 10.0. The van der Waals surface area contributed by atoms with E-state index < -0.39 is 12.5 Å². The Balaban J connectivity index is 1.56. The summed E-state index contributed by atoms with van der Waals surface area (Å²) in [7, 11) is 0. The zero-order valence-electron chi connectivity index (χ0n) is 21.4.